The van der Waals surface area contributed by atoms with E-state index in [0.717, 1.165) is 11.4 Å². The molecule has 1 N–H and O–H groups in total. The number of para-hydroxylation sites is 1. The zero-order valence-corrected chi connectivity index (χ0v) is 11.6. The summed E-state index contributed by atoms with van der Waals surface area (Å²) in [5, 5.41) is 3.23. The first-order valence-corrected chi connectivity index (χ1v) is 6.68. The third-order valence-corrected chi connectivity index (χ3v) is 2.99. The number of carbonyl (C=O) groups is 1. The fraction of sp³-hybridized carbons (Fsp3) is 0.250. The van der Waals surface area contributed by atoms with Crippen LogP contribution in [0.15, 0.2) is 54.7 Å². The number of nitrogens with one attached hydrogen (secondary N) is 1. The molecule has 0 fully saturated rings. The van der Waals surface area contributed by atoms with Gasteiger partial charge in [0.05, 0.1) is 12.2 Å². The minimum absolute atomic E-state index is 0.110. The van der Waals surface area contributed by atoms with Gasteiger partial charge in [-0.15, -0.1) is 0 Å². The summed E-state index contributed by atoms with van der Waals surface area (Å²) in [5.74, 6) is 0.110. The SMILES string of the molecule is CN(Cc1ccccn1)C(=O)CCNc1ccccc1. The van der Waals surface area contributed by atoms with E-state index in [1.54, 1.807) is 18.1 Å². The van der Waals surface area contributed by atoms with Crippen LogP contribution >= 0.6 is 0 Å². The van der Waals surface area contributed by atoms with Crippen molar-refractivity contribution in [2.45, 2.75) is 13.0 Å². The number of anilines is 1. The molecule has 4 nitrogen and oxygen atoms in total. The Kier molecular flexibility index (Phi) is 5.12. The van der Waals surface area contributed by atoms with Crippen molar-refractivity contribution in [1.82, 2.24) is 9.88 Å². The van der Waals surface area contributed by atoms with Gasteiger partial charge in [0.2, 0.25) is 5.91 Å². The van der Waals surface area contributed by atoms with Crippen molar-refractivity contribution in [2.24, 2.45) is 0 Å². The van der Waals surface area contributed by atoms with Gasteiger partial charge in [0.25, 0.3) is 0 Å². The van der Waals surface area contributed by atoms with Crippen molar-refractivity contribution in [2.75, 3.05) is 18.9 Å². The number of hydrogen-bond acceptors (Lipinski definition) is 3. The second-order valence-corrected chi connectivity index (χ2v) is 4.61. The Balaban J connectivity index is 1.74. The van der Waals surface area contributed by atoms with Crippen molar-refractivity contribution < 1.29 is 4.79 Å². The van der Waals surface area contributed by atoms with Crippen LogP contribution in [0.1, 0.15) is 12.1 Å². The highest BCUT2D eigenvalue weighted by Gasteiger charge is 2.09. The summed E-state index contributed by atoms with van der Waals surface area (Å²) in [6, 6.07) is 15.6. The summed E-state index contributed by atoms with van der Waals surface area (Å²) in [6.45, 7) is 1.18. The first kappa shape index (κ1) is 14.1. The molecule has 1 aromatic carbocycles. The lowest BCUT2D eigenvalue weighted by Crippen LogP contribution is -2.28. The van der Waals surface area contributed by atoms with Gasteiger partial charge >= 0.3 is 0 Å². The quantitative estimate of drug-likeness (QED) is 0.876. The van der Waals surface area contributed by atoms with Crippen LogP contribution in [0.3, 0.4) is 0 Å². The number of rotatable bonds is 6. The van der Waals surface area contributed by atoms with E-state index in [2.05, 4.69) is 10.3 Å². The summed E-state index contributed by atoms with van der Waals surface area (Å²) in [6.07, 6.45) is 2.21. The molecule has 1 heterocycles. The molecule has 0 atom stereocenters. The molecule has 0 unspecified atom stereocenters. The summed E-state index contributed by atoms with van der Waals surface area (Å²) in [7, 11) is 1.81. The highest BCUT2D eigenvalue weighted by atomic mass is 16.2. The average Bonchev–Trinajstić information content (AvgIpc) is 2.49. The third kappa shape index (κ3) is 4.39. The standard InChI is InChI=1S/C16H19N3O/c1-19(13-15-9-5-6-11-17-15)16(20)10-12-18-14-7-3-2-4-8-14/h2-9,11,18H,10,12-13H2,1H3. The summed E-state index contributed by atoms with van der Waals surface area (Å²) >= 11 is 0. The largest absolute Gasteiger partial charge is 0.385 e. The van der Waals surface area contributed by atoms with E-state index < -0.39 is 0 Å². The Morgan fingerprint density at radius 1 is 1.15 bits per heavy atom. The average molecular weight is 269 g/mol. The van der Waals surface area contributed by atoms with Crippen molar-refractivity contribution >= 4 is 11.6 Å². The monoisotopic (exact) mass is 269 g/mol. The van der Waals surface area contributed by atoms with Crippen molar-refractivity contribution in [1.29, 1.82) is 0 Å². The van der Waals surface area contributed by atoms with Crippen LogP contribution in [-0.2, 0) is 11.3 Å². The summed E-state index contributed by atoms with van der Waals surface area (Å²) in [4.78, 5) is 17.9. The summed E-state index contributed by atoms with van der Waals surface area (Å²) in [5.41, 5.74) is 1.94. The molecule has 20 heavy (non-hydrogen) atoms. The van der Waals surface area contributed by atoms with Crippen LogP contribution in [0.2, 0.25) is 0 Å². The second-order valence-electron chi connectivity index (χ2n) is 4.61. The topological polar surface area (TPSA) is 45.2 Å². The lowest BCUT2D eigenvalue weighted by molar-refractivity contribution is -0.130. The maximum atomic E-state index is 12.0. The molecule has 0 saturated carbocycles. The van der Waals surface area contributed by atoms with Gasteiger partial charge in [0.15, 0.2) is 0 Å². The minimum atomic E-state index is 0.110. The van der Waals surface area contributed by atoms with Gasteiger partial charge in [-0.3, -0.25) is 9.78 Å². The number of amides is 1. The van der Waals surface area contributed by atoms with Crippen molar-refractivity contribution in [3.05, 3.63) is 60.4 Å². The molecule has 0 bridgehead atoms. The van der Waals surface area contributed by atoms with Crippen LogP contribution in [-0.4, -0.2) is 29.4 Å². The number of nitrogens with zero attached hydrogens (tertiary/aromatic N) is 2. The molecular weight excluding hydrogens is 250 g/mol. The van der Waals surface area contributed by atoms with Crippen LogP contribution in [0.25, 0.3) is 0 Å². The fourth-order valence-electron chi connectivity index (χ4n) is 1.88. The molecular formula is C16H19N3O. The Morgan fingerprint density at radius 2 is 1.90 bits per heavy atom. The zero-order valence-electron chi connectivity index (χ0n) is 11.6. The van der Waals surface area contributed by atoms with Gasteiger partial charge in [-0.05, 0) is 24.3 Å². The second kappa shape index (κ2) is 7.28. The van der Waals surface area contributed by atoms with Gasteiger partial charge in [-0.2, -0.15) is 0 Å². The van der Waals surface area contributed by atoms with E-state index in [9.17, 15) is 4.79 Å². The molecule has 0 spiro atoms. The van der Waals surface area contributed by atoms with E-state index in [4.69, 9.17) is 0 Å². The molecule has 0 aliphatic heterocycles. The predicted octanol–water partition coefficient (Wildman–Crippen LogP) is 2.54. The summed E-state index contributed by atoms with van der Waals surface area (Å²) < 4.78 is 0. The number of hydrogen-bond donors (Lipinski definition) is 1. The molecule has 4 heteroatoms. The van der Waals surface area contributed by atoms with Crippen LogP contribution in [0, 0.1) is 0 Å². The molecule has 2 aromatic rings. The normalized spacial score (nSPS) is 10.1. The Hall–Kier alpha value is -2.36. The number of aromatic nitrogens is 1. The molecule has 1 aromatic heterocycles. The molecule has 0 aliphatic carbocycles. The molecule has 0 saturated heterocycles. The Morgan fingerprint density at radius 3 is 2.60 bits per heavy atom. The van der Waals surface area contributed by atoms with Crippen LogP contribution < -0.4 is 5.32 Å². The number of pyridine rings is 1. The first-order chi connectivity index (χ1) is 9.75. The maximum absolute atomic E-state index is 12.0. The van der Waals surface area contributed by atoms with Crippen molar-refractivity contribution in [3.63, 3.8) is 0 Å². The van der Waals surface area contributed by atoms with E-state index in [-0.39, 0.29) is 5.91 Å². The predicted molar refractivity (Wildman–Crippen MR) is 80.3 cm³/mol. The Bertz CT molecular complexity index is 528. The van der Waals surface area contributed by atoms with Gasteiger partial charge < -0.3 is 10.2 Å². The van der Waals surface area contributed by atoms with E-state index in [0.29, 0.717) is 19.5 Å². The molecule has 1 amide bonds. The van der Waals surface area contributed by atoms with Crippen LogP contribution in [0.5, 0.6) is 0 Å². The van der Waals surface area contributed by atoms with Gasteiger partial charge in [0.1, 0.15) is 0 Å². The lowest BCUT2D eigenvalue weighted by Gasteiger charge is -2.17. The smallest absolute Gasteiger partial charge is 0.224 e. The third-order valence-electron chi connectivity index (χ3n) is 2.99. The zero-order chi connectivity index (χ0) is 14.2. The minimum Gasteiger partial charge on any atom is -0.385 e. The van der Waals surface area contributed by atoms with E-state index >= 15 is 0 Å². The lowest BCUT2D eigenvalue weighted by atomic mass is 10.3. The van der Waals surface area contributed by atoms with Crippen LogP contribution in [0.4, 0.5) is 5.69 Å². The van der Waals surface area contributed by atoms with Gasteiger partial charge in [-0.1, -0.05) is 24.3 Å². The molecule has 104 valence electrons. The highest BCUT2D eigenvalue weighted by Crippen LogP contribution is 2.05. The fourth-order valence-corrected chi connectivity index (χ4v) is 1.88. The molecule has 0 aliphatic rings. The first-order valence-electron chi connectivity index (χ1n) is 6.68. The van der Waals surface area contributed by atoms with Gasteiger partial charge in [0, 0.05) is 31.9 Å². The van der Waals surface area contributed by atoms with Crippen molar-refractivity contribution in [3.8, 4) is 0 Å². The number of benzene rings is 1. The number of carbonyl (C=O) groups excluding carboxylic acids is 1. The highest BCUT2D eigenvalue weighted by molar-refractivity contribution is 5.76. The molecule has 0 radical (unpaired) electrons. The Labute approximate surface area is 119 Å². The van der Waals surface area contributed by atoms with Gasteiger partial charge in [-0.25, -0.2) is 0 Å². The van der Waals surface area contributed by atoms with E-state index in [1.165, 1.54) is 0 Å². The maximum Gasteiger partial charge on any atom is 0.224 e. The molecule has 2 rings (SSSR count). The van der Waals surface area contributed by atoms with E-state index in [1.807, 2.05) is 48.5 Å².